The van der Waals surface area contributed by atoms with E-state index in [9.17, 15) is 8.42 Å². The van der Waals surface area contributed by atoms with Gasteiger partial charge in [0.15, 0.2) is 9.84 Å². The Labute approximate surface area is 88.2 Å². The summed E-state index contributed by atoms with van der Waals surface area (Å²) in [5.41, 5.74) is 0. The van der Waals surface area contributed by atoms with Gasteiger partial charge in [-0.1, -0.05) is 11.6 Å². The number of hydrogen-bond donors (Lipinski definition) is 1. The molecule has 1 aromatic rings. The minimum Gasteiger partial charge on any atom is -0.392 e. The third kappa shape index (κ3) is 2.97. The van der Waals surface area contributed by atoms with Crippen molar-refractivity contribution in [2.24, 2.45) is 0 Å². The van der Waals surface area contributed by atoms with Crippen molar-refractivity contribution in [3.8, 4) is 0 Å². The third-order valence-corrected chi connectivity index (χ3v) is 3.80. The standard InChI is InChI=1S/C9H11ClO3S/c1-7(11)6-14(12,13)9-4-2-8(10)3-5-9/h2-5,7,11H,6H2,1H3/t7-/m1/s1. The molecule has 1 aromatic carbocycles. The van der Waals surface area contributed by atoms with E-state index in [1.807, 2.05) is 0 Å². The van der Waals surface area contributed by atoms with Crippen LogP contribution in [0.1, 0.15) is 6.92 Å². The molecule has 14 heavy (non-hydrogen) atoms. The average Bonchev–Trinajstić information content (AvgIpc) is 2.02. The lowest BCUT2D eigenvalue weighted by atomic mass is 10.4. The second-order valence-corrected chi connectivity index (χ2v) is 5.56. The molecular formula is C9H11ClO3S. The normalized spacial score (nSPS) is 13.9. The fourth-order valence-electron chi connectivity index (χ4n) is 1.06. The molecule has 0 spiro atoms. The minimum absolute atomic E-state index is 0.183. The van der Waals surface area contributed by atoms with Gasteiger partial charge in [0, 0.05) is 5.02 Å². The van der Waals surface area contributed by atoms with Gasteiger partial charge in [-0.25, -0.2) is 8.42 Å². The van der Waals surface area contributed by atoms with E-state index in [-0.39, 0.29) is 10.6 Å². The van der Waals surface area contributed by atoms with Crippen LogP contribution in [0, 0.1) is 0 Å². The Balaban J connectivity index is 2.99. The van der Waals surface area contributed by atoms with Crippen LogP contribution in [0.25, 0.3) is 0 Å². The Bertz CT molecular complexity index is 395. The van der Waals surface area contributed by atoms with E-state index in [0.717, 1.165) is 0 Å². The highest BCUT2D eigenvalue weighted by atomic mass is 35.5. The Morgan fingerprint density at radius 2 is 1.86 bits per heavy atom. The topological polar surface area (TPSA) is 54.4 Å². The van der Waals surface area contributed by atoms with E-state index in [4.69, 9.17) is 16.7 Å². The zero-order valence-corrected chi connectivity index (χ0v) is 9.22. The number of aliphatic hydroxyl groups excluding tert-OH is 1. The highest BCUT2D eigenvalue weighted by Gasteiger charge is 2.16. The molecule has 0 saturated heterocycles. The molecule has 0 radical (unpaired) electrons. The Morgan fingerprint density at radius 1 is 1.36 bits per heavy atom. The lowest BCUT2D eigenvalue weighted by molar-refractivity contribution is 0.218. The molecule has 0 heterocycles. The van der Waals surface area contributed by atoms with Gasteiger partial charge in [0.1, 0.15) is 0 Å². The summed E-state index contributed by atoms with van der Waals surface area (Å²) in [4.78, 5) is 0.183. The zero-order valence-electron chi connectivity index (χ0n) is 7.64. The van der Waals surface area contributed by atoms with E-state index in [1.54, 1.807) is 0 Å². The van der Waals surface area contributed by atoms with Crippen LogP contribution in [0.4, 0.5) is 0 Å². The lowest BCUT2D eigenvalue weighted by Crippen LogP contribution is -2.17. The number of benzene rings is 1. The number of hydrogen-bond acceptors (Lipinski definition) is 3. The molecule has 1 rings (SSSR count). The monoisotopic (exact) mass is 234 g/mol. The summed E-state index contributed by atoms with van der Waals surface area (Å²) in [6.07, 6.45) is -0.865. The highest BCUT2D eigenvalue weighted by Crippen LogP contribution is 2.15. The van der Waals surface area contributed by atoms with Crippen LogP contribution in [-0.4, -0.2) is 25.4 Å². The Hall–Kier alpha value is -0.580. The number of halogens is 1. The molecular weight excluding hydrogens is 224 g/mol. The predicted molar refractivity (Wildman–Crippen MR) is 55.2 cm³/mol. The van der Waals surface area contributed by atoms with Crippen molar-refractivity contribution in [2.75, 3.05) is 5.75 Å². The summed E-state index contributed by atoms with van der Waals surface area (Å²) in [5.74, 6) is -0.269. The minimum atomic E-state index is -3.38. The number of aliphatic hydroxyl groups is 1. The van der Waals surface area contributed by atoms with Crippen LogP contribution < -0.4 is 0 Å². The van der Waals surface area contributed by atoms with Crippen LogP contribution in [0.2, 0.25) is 5.02 Å². The molecule has 0 aromatic heterocycles. The summed E-state index contributed by atoms with van der Waals surface area (Å²) in [6.45, 7) is 1.44. The van der Waals surface area contributed by atoms with Gasteiger partial charge in [-0.3, -0.25) is 0 Å². The van der Waals surface area contributed by atoms with Gasteiger partial charge >= 0.3 is 0 Å². The van der Waals surface area contributed by atoms with Crippen molar-refractivity contribution in [3.05, 3.63) is 29.3 Å². The van der Waals surface area contributed by atoms with Crippen LogP contribution in [0.5, 0.6) is 0 Å². The van der Waals surface area contributed by atoms with Crippen molar-refractivity contribution in [1.29, 1.82) is 0 Å². The summed E-state index contributed by atoms with van der Waals surface area (Å²) >= 11 is 5.62. The van der Waals surface area contributed by atoms with Crippen molar-refractivity contribution in [3.63, 3.8) is 0 Å². The maximum atomic E-state index is 11.6. The van der Waals surface area contributed by atoms with E-state index >= 15 is 0 Å². The quantitative estimate of drug-likeness (QED) is 0.862. The molecule has 5 heteroatoms. The summed E-state index contributed by atoms with van der Waals surface area (Å²) in [7, 11) is -3.38. The van der Waals surface area contributed by atoms with Gasteiger partial charge in [-0.2, -0.15) is 0 Å². The Kier molecular flexibility index (Phi) is 3.53. The van der Waals surface area contributed by atoms with Crippen LogP contribution in [-0.2, 0) is 9.84 Å². The smallest absolute Gasteiger partial charge is 0.180 e. The summed E-state index contributed by atoms with van der Waals surface area (Å²) in [6, 6.07) is 5.88. The molecule has 0 aliphatic carbocycles. The maximum absolute atomic E-state index is 11.6. The molecule has 0 aliphatic heterocycles. The average molecular weight is 235 g/mol. The van der Waals surface area contributed by atoms with Crippen molar-refractivity contribution < 1.29 is 13.5 Å². The first-order chi connectivity index (χ1) is 6.42. The molecule has 1 atom stereocenters. The first-order valence-electron chi connectivity index (χ1n) is 4.08. The molecule has 3 nitrogen and oxygen atoms in total. The second-order valence-electron chi connectivity index (χ2n) is 3.08. The van der Waals surface area contributed by atoms with Crippen molar-refractivity contribution in [2.45, 2.75) is 17.9 Å². The summed E-state index contributed by atoms with van der Waals surface area (Å²) in [5, 5.41) is 9.49. The fraction of sp³-hybridized carbons (Fsp3) is 0.333. The third-order valence-electron chi connectivity index (χ3n) is 1.63. The predicted octanol–water partition coefficient (Wildman–Crippen LogP) is 1.49. The molecule has 0 unspecified atom stereocenters. The second kappa shape index (κ2) is 4.29. The van der Waals surface area contributed by atoms with E-state index in [0.29, 0.717) is 5.02 Å². The molecule has 78 valence electrons. The van der Waals surface area contributed by atoms with Gasteiger partial charge < -0.3 is 5.11 Å². The molecule has 0 bridgehead atoms. The first kappa shape index (κ1) is 11.5. The number of sulfone groups is 1. The van der Waals surface area contributed by atoms with E-state index in [1.165, 1.54) is 31.2 Å². The van der Waals surface area contributed by atoms with E-state index in [2.05, 4.69) is 0 Å². The molecule has 1 N–H and O–H groups in total. The first-order valence-corrected chi connectivity index (χ1v) is 6.11. The van der Waals surface area contributed by atoms with Crippen LogP contribution in [0.15, 0.2) is 29.2 Å². The SMILES string of the molecule is C[C@@H](O)CS(=O)(=O)c1ccc(Cl)cc1. The molecule has 0 saturated carbocycles. The largest absolute Gasteiger partial charge is 0.392 e. The Morgan fingerprint density at radius 3 is 2.29 bits per heavy atom. The highest BCUT2D eigenvalue weighted by molar-refractivity contribution is 7.91. The molecule has 0 amide bonds. The zero-order chi connectivity index (χ0) is 10.8. The number of rotatable bonds is 3. The van der Waals surface area contributed by atoms with Crippen LogP contribution >= 0.6 is 11.6 Å². The molecule has 0 fully saturated rings. The summed E-state index contributed by atoms with van der Waals surface area (Å²) < 4.78 is 23.1. The van der Waals surface area contributed by atoms with E-state index < -0.39 is 15.9 Å². The lowest BCUT2D eigenvalue weighted by Gasteiger charge is -2.06. The van der Waals surface area contributed by atoms with Gasteiger partial charge in [0.05, 0.1) is 16.8 Å². The van der Waals surface area contributed by atoms with Gasteiger partial charge in [0.2, 0.25) is 0 Å². The van der Waals surface area contributed by atoms with Crippen LogP contribution in [0.3, 0.4) is 0 Å². The van der Waals surface area contributed by atoms with Gasteiger partial charge in [-0.15, -0.1) is 0 Å². The van der Waals surface area contributed by atoms with Crippen molar-refractivity contribution >= 4 is 21.4 Å². The maximum Gasteiger partial charge on any atom is 0.180 e. The molecule has 0 aliphatic rings. The van der Waals surface area contributed by atoms with Gasteiger partial charge in [-0.05, 0) is 31.2 Å². The van der Waals surface area contributed by atoms with Crippen molar-refractivity contribution in [1.82, 2.24) is 0 Å². The van der Waals surface area contributed by atoms with Gasteiger partial charge in [0.25, 0.3) is 0 Å². The fourth-order valence-corrected chi connectivity index (χ4v) is 2.56.